The summed E-state index contributed by atoms with van der Waals surface area (Å²) in [5, 5.41) is 0. The molecule has 0 aromatic rings. The van der Waals surface area contributed by atoms with Gasteiger partial charge in [0.2, 0.25) is 5.91 Å². The van der Waals surface area contributed by atoms with Gasteiger partial charge in [-0.1, -0.05) is 33.1 Å². The molecular weight excluding hydrogens is 248 g/mol. The summed E-state index contributed by atoms with van der Waals surface area (Å²) < 4.78 is 0. The Balaban J connectivity index is 1.94. The first-order chi connectivity index (χ1) is 9.41. The van der Waals surface area contributed by atoms with Gasteiger partial charge in [0.15, 0.2) is 0 Å². The van der Waals surface area contributed by atoms with E-state index in [1.165, 1.54) is 25.7 Å². The zero-order chi connectivity index (χ0) is 14.8. The molecule has 0 bridgehead atoms. The average Bonchev–Trinajstić information content (AvgIpc) is 2.62. The molecule has 116 valence electrons. The number of hydrogen-bond acceptors (Lipinski definition) is 2. The molecule has 2 aliphatic carbocycles. The Morgan fingerprint density at radius 1 is 1.05 bits per heavy atom. The van der Waals surface area contributed by atoms with Crippen molar-refractivity contribution < 1.29 is 4.79 Å². The van der Waals surface area contributed by atoms with Crippen LogP contribution in [0.5, 0.6) is 0 Å². The Morgan fingerprint density at radius 2 is 1.65 bits per heavy atom. The van der Waals surface area contributed by atoms with E-state index in [0.717, 1.165) is 32.1 Å². The van der Waals surface area contributed by atoms with E-state index in [4.69, 9.17) is 5.73 Å². The maximum Gasteiger partial charge on any atom is 0.227 e. The van der Waals surface area contributed by atoms with Gasteiger partial charge in [-0.05, 0) is 43.9 Å². The third kappa shape index (κ3) is 3.75. The van der Waals surface area contributed by atoms with Gasteiger partial charge in [0.05, 0.1) is 5.92 Å². The third-order valence-corrected chi connectivity index (χ3v) is 5.59. The van der Waals surface area contributed by atoms with Gasteiger partial charge in [-0.2, -0.15) is 0 Å². The van der Waals surface area contributed by atoms with E-state index in [1.54, 1.807) is 0 Å². The van der Waals surface area contributed by atoms with E-state index >= 15 is 0 Å². The van der Waals surface area contributed by atoms with Crippen molar-refractivity contribution >= 4 is 5.91 Å². The second-order valence-corrected chi connectivity index (χ2v) is 7.75. The van der Waals surface area contributed by atoms with E-state index in [0.29, 0.717) is 17.4 Å². The van der Waals surface area contributed by atoms with Crippen molar-refractivity contribution in [2.75, 3.05) is 7.05 Å². The second kappa shape index (κ2) is 6.46. The highest BCUT2D eigenvalue weighted by atomic mass is 16.2. The Morgan fingerprint density at radius 3 is 2.30 bits per heavy atom. The summed E-state index contributed by atoms with van der Waals surface area (Å²) in [4.78, 5) is 14.8. The second-order valence-electron chi connectivity index (χ2n) is 7.75. The number of rotatable bonds is 2. The predicted octanol–water partition coefficient (Wildman–Crippen LogP) is 3.32. The van der Waals surface area contributed by atoms with Crippen molar-refractivity contribution in [3.8, 4) is 0 Å². The molecule has 3 heteroatoms. The fourth-order valence-electron chi connectivity index (χ4n) is 3.86. The van der Waals surface area contributed by atoms with Gasteiger partial charge in [-0.15, -0.1) is 0 Å². The summed E-state index contributed by atoms with van der Waals surface area (Å²) >= 11 is 0. The topological polar surface area (TPSA) is 46.3 Å². The number of carbonyl (C=O) groups is 1. The summed E-state index contributed by atoms with van der Waals surface area (Å²) in [5.41, 5.74) is 6.70. The van der Waals surface area contributed by atoms with Crippen LogP contribution in [0.15, 0.2) is 0 Å². The van der Waals surface area contributed by atoms with E-state index in [9.17, 15) is 4.79 Å². The van der Waals surface area contributed by atoms with Crippen molar-refractivity contribution in [3.63, 3.8) is 0 Å². The molecule has 0 aliphatic heterocycles. The van der Waals surface area contributed by atoms with Gasteiger partial charge in [0.25, 0.3) is 0 Å². The normalized spacial score (nSPS) is 31.6. The van der Waals surface area contributed by atoms with Crippen molar-refractivity contribution in [2.45, 2.75) is 83.7 Å². The molecule has 0 radical (unpaired) electrons. The fraction of sp³-hybridized carbons (Fsp3) is 0.941. The van der Waals surface area contributed by atoms with E-state index < -0.39 is 0 Å². The van der Waals surface area contributed by atoms with Gasteiger partial charge in [0.1, 0.15) is 0 Å². The smallest absolute Gasteiger partial charge is 0.227 e. The number of nitrogens with two attached hydrogens (primary N) is 1. The fourth-order valence-corrected chi connectivity index (χ4v) is 3.86. The molecule has 3 nitrogen and oxygen atoms in total. The monoisotopic (exact) mass is 280 g/mol. The van der Waals surface area contributed by atoms with Gasteiger partial charge in [-0.25, -0.2) is 0 Å². The lowest BCUT2D eigenvalue weighted by Crippen LogP contribution is -2.47. The quantitative estimate of drug-likeness (QED) is 0.789. The Kier molecular flexibility index (Phi) is 5.11. The first kappa shape index (κ1) is 15.8. The van der Waals surface area contributed by atoms with Crippen LogP contribution in [0, 0.1) is 11.3 Å². The number of nitrogens with zero attached hydrogens (tertiary/aromatic N) is 1. The summed E-state index contributed by atoms with van der Waals surface area (Å²) in [6.45, 7) is 4.68. The molecule has 2 N–H and O–H groups in total. The van der Waals surface area contributed by atoms with Crippen molar-refractivity contribution in [1.29, 1.82) is 0 Å². The predicted molar refractivity (Wildman–Crippen MR) is 83.4 cm³/mol. The van der Waals surface area contributed by atoms with Gasteiger partial charge < -0.3 is 10.6 Å². The summed E-state index contributed by atoms with van der Waals surface area (Å²) in [7, 11) is 2.00. The molecule has 2 atom stereocenters. The highest BCUT2D eigenvalue weighted by Crippen LogP contribution is 2.37. The van der Waals surface area contributed by atoms with Crippen LogP contribution in [0.25, 0.3) is 0 Å². The number of hydrogen-bond donors (Lipinski definition) is 1. The minimum absolute atomic E-state index is 0.0671. The van der Waals surface area contributed by atoms with Gasteiger partial charge in [-0.3, -0.25) is 4.79 Å². The Bertz CT molecular complexity index is 330. The highest BCUT2D eigenvalue weighted by molar-refractivity contribution is 5.79. The summed E-state index contributed by atoms with van der Waals surface area (Å²) in [5.74, 6) is 0.376. The minimum Gasteiger partial charge on any atom is -0.342 e. The van der Waals surface area contributed by atoms with Gasteiger partial charge in [0, 0.05) is 19.1 Å². The van der Waals surface area contributed by atoms with E-state index in [-0.39, 0.29) is 12.0 Å². The minimum atomic E-state index is 0.0671. The van der Waals surface area contributed by atoms with Crippen LogP contribution in [-0.4, -0.2) is 29.9 Å². The van der Waals surface area contributed by atoms with Crippen LogP contribution < -0.4 is 5.73 Å². The van der Waals surface area contributed by atoms with Crippen molar-refractivity contribution in [3.05, 3.63) is 0 Å². The zero-order valence-electron chi connectivity index (χ0n) is 13.5. The van der Waals surface area contributed by atoms with Crippen LogP contribution in [0.1, 0.15) is 71.6 Å². The van der Waals surface area contributed by atoms with Crippen LogP contribution in [-0.2, 0) is 4.79 Å². The molecule has 0 spiro atoms. The van der Waals surface area contributed by atoms with E-state index in [2.05, 4.69) is 13.8 Å². The molecule has 2 aliphatic rings. The first-order valence-electron chi connectivity index (χ1n) is 8.43. The molecule has 2 saturated carbocycles. The SMILES string of the molecule is CN(C(=O)C1CCCCCC1N)C1CCC(C)(C)CC1. The third-order valence-electron chi connectivity index (χ3n) is 5.59. The Labute approximate surface area is 124 Å². The molecule has 2 rings (SSSR count). The summed E-state index contributed by atoms with van der Waals surface area (Å²) in [6.07, 6.45) is 10.3. The molecular formula is C17H32N2O. The summed E-state index contributed by atoms with van der Waals surface area (Å²) in [6, 6.07) is 0.512. The molecule has 0 saturated heterocycles. The molecule has 20 heavy (non-hydrogen) atoms. The largest absolute Gasteiger partial charge is 0.342 e. The van der Waals surface area contributed by atoms with Gasteiger partial charge >= 0.3 is 0 Å². The van der Waals surface area contributed by atoms with Crippen molar-refractivity contribution in [2.24, 2.45) is 17.1 Å². The molecule has 0 aromatic carbocycles. The van der Waals surface area contributed by atoms with E-state index in [1.807, 2.05) is 11.9 Å². The lowest BCUT2D eigenvalue weighted by atomic mass is 9.75. The molecule has 1 amide bonds. The first-order valence-corrected chi connectivity index (χ1v) is 8.43. The number of carbonyl (C=O) groups excluding carboxylic acids is 1. The van der Waals surface area contributed by atoms with Crippen LogP contribution in [0.2, 0.25) is 0 Å². The lowest BCUT2D eigenvalue weighted by Gasteiger charge is -2.40. The molecule has 0 heterocycles. The number of amides is 1. The highest BCUT2D eigenvalue weighted by Gasteiger charge is 2.35. The Hall–Kier alpha value is -0.570. The molecule has 2 unspecified atom stereocenters. The zero-order valence-corrected chi connectivity index (χ0v) is 13.5. The standard InChI is InChI=1S/C17H32N2O/c1-17(2)11-9-13(10-12-17)19(3)16(20)14-7-5-4-6-8-15(14)18/h13-15H,4-12,18H2,1-3H3. The van der Waals surface area contributed by atoms with Crippen molar-refractivity contribution in [1.82, 2.24) is 4.90 Å². The average molecular weight is 280 g/mol. The maximum atomic E-state index is 12.8. The lowest BCUT2D eigenvalue weighted by molar-refractivity contribution is -0.138. The van der Waals surface area contributed by atoms with Crippen LogP contribution >= 0.6 is 0 Å². The van der Waals surface area contributed by atoms with Crippen LogP contribution in [0.3, 0.4) is 0 Å². The maximum absolute atomic E-state index is 12.8. The van der Waals surface area contributed by atoms with Crippen LogP contribution in [0.4, 0.5) is 0 Å². The molecule has 0 aromatic heterocycles. The molecule has 2 fully saturated rings.